The van der Waals surface area contributed by atoms with Crippen molar-refractivity contribution >= 4 is 11.8 Å². The van der Waals surface area contributed by atoms with Crippen LogP contribution in [0.15, 0.2) is 49.1 Å². The van der Waals surface area contributed by atoms with E-state index in [1.807, 2.05) is 36.6 Å². The molecule has 1 aromatic heterocycles. The maximum atomic E-state index is 12.7. The van der Waals surface area contributed by atoms with Crippen molar-refractivity contribution in [3.63, 3.8) is 0 Å². The predicted octanol–water partition coefficient (Wildman–Crippen LogP) is 2.06. The van der Waals surface area contributed by atoms with Gasteiger partial charge in [-0.05, 0) is 30.5 Å². The van der Waals surface area contributed by atoms with Crippen molar-refractivity contribution in [1.82, 2.24) is 19.9 Å². The first-order valence-electron chi connectivity index (χ1n) is 8.88. The van der Waals surface area contributed by atoms with Crippen LogP contribution >= 0.6 is 0 Å². The Morgan fingerprint density at radius 1 is 1.26 bits per heavy atom. The Balaban J connectivity index is 1.89. The summed E-state index contributed by atoms with van der Waals surface area (Å²) < 4.78 is 1.93. The molecule has 3 N–H and O–H groups in total. The molecule has 1 unspecified atom stereocenters. The summed E-state index contributed by atoms with van der Waals surface area (Å²) in [6.07, 6.45) is 7.44. The van der Waals surface area contributed by atoms with Gasteiger partial charge in [0.15, 0.2) is 0 Å². The molecule has 0 spiro atoms. The summed E-state index contributed by atoms with van der Waals surface area (Å²) >= 11 is 0. The second-order valence-corrected chi connectivity index (χ2v) is 6.98. The van der Waals surface area contributed by atoms with Crippen LogP contribution in [0, 0.1) is 5.92 Å². The molecule has 0 aromatic carbocycles. The number of nitrogens with one attached hydrogen (secondary N) is 1. The molecule has 7 nitrogen and oxygen atoms in total. The van der Waals surface area contributed by atoms with Crippen LogP contribution in [-0.4, -0.2) is 32.4 Å². The van der Waals surface area contributed by atoms with E-state index >= 15 is 0 Å². The van der Waals surface area contributed by atoms with E-state index in [0.29, 0.717) is 18.5 Å². The molecule has 1 atom stereocenters. The summed E-state index contributed by atoms with van der Waals surface area (Å²) in [5.41, 5.74) is 8.51. The molecule has 7 heteroatoms. The first kappa shape index (κ1) is 18.6. The van der Waals surface area contributed by atoms with Crippen LogP contribution in [0.2, 0.25) is 0 Å². The largest absolute Gasteiger partial charge is 0.368 e. The topological polar surface area (TPSA) is 103 Å². The van der Waals surface area contributed by atoms with E-state index in [9.17, 15) is 9.59 Å². The van der Waals surface area contributed by atoms with E-state index < -0.39 is 11.9 Å². The van der Waals surface area contributed by atoms with Gasteiger partial charge in [-0.15, -0.1) is 0 Å². The van der Waals surface area contributed by atoms with Crippen LogP contribution < -0.4 is 11.1 Å². The zero-order valence-corrected chi connectivity index (χ0v) is 15.4. The molecular formula is C20H23N5O2. The molecule has 0 aliphatic carbocycles. The smallest absolute Gasteiger partial charge is 0.253 e. The van der Waals surface area contributed by atoms with Crippen molar-refractivity contribution < 1.29 is 9.59 Å². The molecule has 2 aliphatic rings. The van der Waals surface area contributed by atoms with Gasteiger partial charge in [0.25, 0.3) is 5.91 Å². The first-order valence-corrected chi connectivity index (χ1v) is 8.88. The molecule has 0 saturated heterocycles. The van der Waals surface area contributed by atoms with Crippen LogP contribution in [0.5, 0.6) is 0 Å². The number of primary amides is 1. The zero-order valence-electron chi connectivity index (χ0n) is 15.4. The Kier molecular flexibility index (Phi) is 5.49. The lowest BCUT2D eigenvalue weighted by atomic mass is 10.0. The lowest BCUT2D eigenvalue weighted by Gasteiger charge is -2.19. The second-order valence-electron chi connectivity index (χ2n) is 6.98. The number of aromatic nitrogens is 3. The third-order valence-electron chi connectivity index (χ3n) is 4.30. The highest BCUT2D eigenvalue weighted by Crippen LogP contribution is 2.24. The Labute approximate surface area is 158 Å². The van der Waals surface area contributed by atoms with Crippen LogP contribution in [0.4, 0.5) is 0 Å². The maximum Gasteiger partial charge on any atom is 0.253 e. The van der Waals surface area contributed by atoms with Gasteiger partial charge >= 0.3 is 0 Å². The van der Waals surface area contributed by atoms with E-state index in [-0.39, 0.29) is 11.8 Å². The summed E-state index contributed by atoms with van der Waals surface area (Å²) in [7, 11) is 0. The summed E-state index contributed by atoms with van der Waals surface area (Å²) in [5, 5.41) is 2.75. The van der Waals surface area contributed by atoms with Gasteiger partial charge in [0.2, 0.25) is 5.91 Å². The van der Waals surface area contributed by atoms with Gasteiger partial charge in [-0.2, -0.15) is 0 Å². The molecule has 2 amide bonds. The lowest BCUT2D eigenvalue weighted by Crippen LogP contribution is -2.45. The lowest BCUT2D eigenvalue weighted by molar-refractivity contribution is -0.120. The van der Waals surface area contributed by atoms with Crippen LogP contribution in [0.1, 0.15) is 36.3 Å². The van der Waals surface area contributed by atoms with Gasteiger partial charge in [-0.3, -0.25) is 19.6 Å². The van der Waals surface area contributed by atoms with Gasteiger partial charge in [-0.1, -0.05) is 19.9 Å². The molecule has 0 saturated carbocycles. The van der Waals surface area contributed by atoms with Crippen molar-refractivity contribution in [2.75, 3.05) is 0 Å². The Hall–Kier alpha value is -3.22. The highest BCUT2D eigenvalue weighted by Gasteiger charge is 2.22. The monoisotopic (exact) mass is 365 g/mol. The SMILES string of the molecule is CC(C)CC(NC(=O)c1cc2cncc-2n(Cc2ccccn2)c1)C(N)=O. The number of carbonyl (C=O) groups is 2. The van der Waals surface area contributed by atoms with Gasteiger partial charge < -0.3 is 15.6 Å². The zero-order chi connectivity index (χ0) is 19.4. The molecule has 140 valence electrons. The number of hydrogen-bond acceptors (Lipinski definition) is 4. The Bertz CT molecular complexity index is 904. The number of rotatable bonds is 7. The molecule has 0 fully saturated rings. The number of amides is 2. The van der Waals surface area contributed by atoms with E-state index in [1.165, 1.54) is 0 Å². The van der Waals surface area contributed by atoms with Crippen molar-refractivity contribution in [1.29, 1.82) is 0 Å². The van der Waals surface area contributed by atoms with E-state index in [0.717, 1.165) is 17.0 Å². The van der Waals surface area contributed by atoms with Gasteiger partial charge in [0.1, 0.15) is 6.04 Å². The minimum atomic E-state index is -0.699. The molecule has 0 radical (unpaired) electrons. The van der Waals surface area contributed by atoms with Crippen molar-refractivity contribution in [3.8, 4) is 11.3 Å². The van der Waals surface area contributed by atoms with E-state index in [1.54, 1.807) is 30.9 Å². The Morgan fingerprint density at radius 3 is 2.74 bits per heavy atom. The fraction of sp³-hybridized carbons (Fsp3) is 0.300. The van der Waals surface area contributed by atoms with E-state index in [4.69, 9.17) is 5.73 Å². The highest BCUT2D eigenvalue weighted by atomic mass is 16.2. The third kappa shape index (κ3) is 4.49. The molecule has 2 aliphatic heterocycles. The average Bonchev–Trinajstić information content (AvgIpc) is 3.10. The summed E-state index contributed by atoms with van der Waals surface area (Å²) in [5.74, 6) is -0.634. The van der Waals surface area contributed by atoms with Crippen LogP contribution in [0.3, 0.4) is 0 Å². The van der Waals surface area contributed by atoms with Crippen molar-refractivity contribution in [3.05, 3.63) is 60.3 Å². The second kappa shape index (κ2) is 7.99. The minimum absolute atomic E-state index is 0.235. The van der Waals surface area contributed by atoms with Crippen molar-refractivity contribution in [2.45, 2.75) is 32.9 Å². The van der Waals surface area contributed by atoms with Crippen LogP contribution in [0.25, 0.3) is 11.3 Å². The number of hydrogen-bond donors (Lipinski definition) is 2. The summed E-state index contributed by atoms with van der Waals surface area (Å²) in [6, 6.07) is 6.77. The fourth-order valence-corrected chi connectivity index (χ4v) is 3.00. The van der Waals surface area contributed by atoms with Crippen molar-refractivity contribution in [2.24, 2.45) is 11.7 Å². The first-order chi connectivity index (χ1) is 12.9. The average molecular weight is 365 g/mol. The molecule has 27 heavy (non-hydrogen) atoms. The molecular weight excluding hydrogens is 342 g/mol. The number of fused-ring (bicyclic) bond motifs is 1. The third-order valence-corrected chi connectivity index (χ3v) is 4.30. The van der Waals surface area contributed by atoms with Gasteiger partial charge in [-0.25, -0.2) is 0 Å². The molecule has 1 aromatic rings. The minimum Gasteiger partial charge on any atom is -0.368 e. The fourth-order valence-electron chi connectivity index (χ4n) is 3.00. The molecule has 0 bridgehead atoms. The van der Waals surface area contributed by atoms with Gasteiger partial charge in [0.05, 0.1) is 29.7 Å². The quantitative estimate of drug-likeness (QED) is 0.669. The molecule has 3 heterocycles. The maximum absolute atomic E-state index is 12.7. The van der Waals surface area contributed by atoms with Gasteiger partial charge in [0, 0.05) is 24.2 Å². The van der Waals surface area contributed by atoms with Crippen LogP contribution in [-0.2, 0) is 11.3 Å². The predicted molar refractivity (Wildman–Crippen MR) is 102 cm³/mol. The normalized spacial score (nSPS) is 12.3. The highest BCUT2D eigenvalue weighted by molar-refractivity contribution is 5.98. The standard InChI is InChI=1S/C20H23N5O2/c1-13(2)7-17(19(21)26)24-20(27)15-8-14-9-22-10-18(14)25(11-15)12-16-5-3-4-6-23-16/h3-6,8-11,13,17H,7,12H2,1-2H3,(H2,21,26)(H,24,27). The number of nitrogens with two attached hydrogens (primary N) is 1. The summed E-state index contributed by atoms with van der Waals surface area (Å²) in [6.45, 7) is 4.46. The Morgan fingerprint density at radius 2 is 2.07 bits per heavy atom. The molecule has 3 rings (SSSR count). The number of pyridine rings is 2. The van der Waals surface area contributed by atoms with E-state index in [2.05, 4.69) is 15.3 Å². The number of nitrogens with zero attached hydrogens (tertiary/aromatic N) is 3. The number of carbonyl (C=O) groups excluding carboxylic acids is 2. The summed E-state index contributed by atoms with van der Waals surface area (Å²) in [4.78, 5) is 32.9.